The normalized spacial score (nSPS) is 11.8. The van der Waals surface area contributed by atoms with Crippen LogP contribution in [0.25, 0.3) is 0 Å². The predicted molar refractivity (Wildman–Crippen MR) is 285 cm³/mol. The van der Waals surface area contributed by atoms with Gasteiger partial charge < -0.3 is 31.9 Å². The lowest BCUT2D eigenvalue weighted by molar-refractivity contribution is -0.432. The maximum absolute atomic E-state index is 14.0. The van der Waals surface area contributed by atoms with Crippen LogP contribution in [0.2, 0.25) is 0 Å². The number of urea groups is 1. The van der Waals surface area contributed by atoms with Gasteiger partial charge in [0.15, 0.2) is 0 Å². The number of carbonyl (C=O) groups excluding carboxylic acids is 5. The molecule has 0 fully saturated rings. The number of rotatable bonds is 26. The van der Waals surface area contributed by atoms with E-state index in [0.717, 1.165) is 36.4 Å². The molecular formula is C41H32N6O29S8. The van der Waals surface area contributed by atoms with Gasteiger partial charge in [0.2, 0.25) is 0 Å². The molecule has 0 unspecified atom stereocenters. The summed E-state index contributed by atoms with van der Waals surface area (Å²) in [5, 5.41) is 62.8. The highest BCUT2D eigenvalue weighted by Gasteiger charge is 2.26. The molecule has 84 heavy (non-hydrogen) atoms. The molecule has 6 aromatic rings. The summed E-state index contributed by atoms with van der Waals surface area (Å²) in [6.45, 7) is 0. The molecule has 43 heteroatoms. The molecule has 448 valence electrons. The molecule has 0 saturated heterocycles. The zero-order valence-corrected chi connectivity index (χ0v) is 46.8. The highest BCUT2D eigenvalue weighted by molar-refractivity contribution is 7.96. The lowest BCUT2D eigenvalue weighted by atomic mass is 10.1. The van der Waals surface area contributed by atoms with Gasteiger partial charge in [0.25, 0.3) is 64.1 Å². The molecule has 0 aliphatic carbocycles. The number of amides is 6. The van der Waals surface area contributed by atoms with Crippen molar-refractivity contribution in [2.24, 2.45) is 0 Å². The number of hydrogen-bond acceptors (Lipinski definition) is 29. The van der Waals surface area contributed by atoms with Gasteiger partial charge in [-0.15, -0.1) is 17.3 Å². The van der Waals surface area contributed by atoms with Gasteiger partial charge >= 0.3 is 6.03 Å². The Morgan fingerprint density at radius 1 is 0.345 bits per heavy atom. The van der Waals surface area contributed by atoms with Crippen molar-refractivity contribution in [2.75, 3.05) is 31.9 Å². The van der Waals surface area contributed by atoms with Crippen LogP contribution < -0.4 is 31.9 Å². The molecule has 0 aliphatic heterocycles. The van der Waals surface area contributed by atoms with Crippen LogP contribution in [-0.4, -0.2) is 103 Å². The first-order chi connectivity index (χ1) is 39.5. The topological polar surface area (TPSA) is 530 Å². The van der Waals surface area contributed by atoms with E-state index in [-0.39, 0.29) is 31.0 Å². The van der Waals surface area contributed by atoms with Crippen molar-refractivity contribution >= 4 is 152 Å². The van der Waals surface area contributed by atoms with Crippen molar-refractivity contribution in [1.82, 2.24) is 0 Å². The Morgan fingerprint density at radius 3 is 0.940 bits per heavy atom. The minimum absolute atomic E-state index is 0.0407. The highest BCUT2D eigenvalue weighted by atomic mass is 32.2. The summed E-state index contributed by atoms with van der Waals surface area (Å²) >= 11 is 1.55. The maximum atomic E-state index is 14.0. The molecule has 0 atom stereocenters. The van der Waals surface area contributed by atoms with Crippen LogP contribution >= 0.6 is 48.2 Å². The number of benzene rings is 6. The Labute approximate surface area is 486 Å². The average Bonchev–Trinajstić information content (AvgIpc) is 3.21. The number of anilines is 6. The summed E-state index contributed by atoms with van der Waals surface area (Å²) in [5.41, 5.74) is -5.01. The third-order valence-corrected chi connectivity index (χ3v) is 15.9. The molecule has 0 radical (unpaired) electrons. The molecule has 0 aliphatic rings. The van der Waals surface area contributed by atoms with Crippen LogP contribution in [-0.2, 0) is 78.0 Å². The van der Waals surface area contributed by atoms with Crippen molar-refractivity contribution in [3.8, 4) is 0 Å². The lowest BCUT2D eigenvalue weighted by Gasteiger charge is -2.16. The quantitative estimate of drug-likeness (QED) is 0.0112. The Bertz CT molecular complexity index is 3760. The number of nitrogens with one attached hydrogen (secondary N) is 6. The van der Waals surface area contributed by atoms with E-state index >= 15 is 0 Å². The average molecular weight is 1330 g/mol. The van der Waals surface area contributed by atoms with Gasteiger partial charge in [0.1, 0.15) is 9.79 Å². The van der Waals surface area contributed by atoms with Crippen molar-refractivity contribution < 1.29 is 134 Å². The summed E-state index contributed by atoms with van der Waals surface area (Å²) in [5.74, 6) is -4.87. The fourth-order valence-corrected chi connectivity index (χ4v) is 11.1. The zero-order chi connectivity index (χ0) is 61.7. The Hall–Kier alpha value is -6.97. The van der Waals surface area contributed by atoms with Gasteiger partial charge in [-0.1, -0.05) is 20.2 Å². The van der Waals surface area contributed by atoms with E-state index < -0.39 is 135 Å². The summed E-state index contributed by atoms with van der Waals surface area (Å²) < 4.78 is 153. The van der Waals surface area contributed by atoms with E-state index in [0.29, 0.717) is 84.6 Å². The Balaban J connectivity index is 1.42. The van der Waals surface area contributed by atoms with E-state index in [1.807, 2.05) is 0 Å². The van der Waals surface area contributed by atoms with Crippen LogP contribution in [0.5, 0.6) is 0 Å². The van der Waals surface area contributed by atoms with E-state index in [9.17, 15) is 75.9 Å². The summed E-state index contributed by atoms with van der Waals surface area (Å²) in [6.07, 6.45) is 0. The molecule has 0 heterocycles. The fourth-order valence-electron chi connectivity index (χ4n) is 6.62. The van der Waals surface area contributed by atoms with Gasteiger partial charge in [-0.05, 0) is 109 Å². The number of carbonyl (C=O) groups is 5. The molecule has 6 rings (SSSR count). The lowest BCUT2D eigenvalue weighted by Crippen LogP contribution is -2.23. The van der Waals surface area contributed by atoms with Crippen molar-refractivity contribution in [3.05, 3.63) is 131 Å². The van der Waals surface area contributed by atoms with E-state index in [2.05, 4.69) is 69.4 Å². The van der Waals surface area contributed by atoms with E-state index in [1.165, 1.54) is 36.4 Å². The summed E-state index contributed by atoms with van der Waals surface area (Å²) in [6, 6.07) is 14.9. The SMILES string of the molecule is O=C(Nc1cc(C(=O)Nc2ccc(SOOO)cc2SOOO)cc(C(=O)Nc2ccc(S(=O)(=O)O)cc2S(=O)(=O)O)c1)Nc1cc(C(=O)Nc2ccc(SOOO)cc2SOOO)cc(C(=O)Nc2ccc(S(=O)(=O)O)cc2S(=O)(=O)O)c1. The van der Waals surface area contributed by atoms with Gasteiger partial charge in [-0.25, -0.2) is 25.8 Å². The van der Waals surface area contributed by atoms with Crippen molar-refractivity contribution in [2.45, 2.75) is 39.2 Å². The minimum atomic E-state index is -5.38. The van der Waals surface area contributed by atoms with Gasteiger partial charge in [-0.3, -0.25) is 37.4 Å². The summed E-state index contributed by atoms with van der Waals surface area (Å²) in [4.78, 5) is 65.7. The molecule has 35 nitrogen and oxygen atoms in total. The van der Waals surface area contributed by atoms with Crippen LogP contribution in [0.1, 0.15) is 41.4 Å². The molecule has 0 aromatic heterocycles. The van der Waals surface area contributed by atoms with Crippen molar-refractivity contribution in [1.29, 1.82) is 0 Å². The summed E-state index contributed by atoms with van der Waals surface area (Å²) in [7, 11) is -20.9. The molecule has 14 N–H and O–H groups in total. The van der Waals surface area contributed by atoms with Gasteiger partial charge in [0, 0.05) is 43.4 Å². The molecule has 6 amide bonds. The first kappa shape index (κ1) is 66.2. The second-order valence-electron chi connectivity index (χ2n) is 15.4. The van der Waals surface area contributed by atoms with Crippen LogP contribution in [0.15, 0.2) is 148 Å². The molecule has 6 aromatic carbocycles. The fraction of sp³-hybridized carbons (Fsp3) is 0. The van der Waals surface area contributed by atoms with Crippen LogP contribution in [0.4, 0.5) is 38.9 Å². The second-order valence-corrected chi connectivity index (χ2v) is 24.1. The Morgan fingerprint density at radius 2 is 0.643 bits per heavy atom. The smallest absolute Gasteiger partial charge is 0.321 e. The third kappa shape index (κ3) is 18.5. The third-order valence-electron chi connectivity index (χ3n) is 10.0. The predicted octanol–water partition coefficient (Wildman–Crippen LogP) is 7.04. The largest absolute Gasteiger partial charge is 0.323 e. The molecule has 0 saturated carbocycles. The van der Waals surface area contributed by atoms with Crippen LogP contribution in [0.3, 0.4) is 0 Å². The first-order valence-electron chi connectivity index (χ1n) is 21.2. The minimum Gasteiger partial charge on any atom is -0.321 e. The van der Waals surface area contributed by atoms with Gasteiger partial charge in [0.05, 0.1) is 90.5 Å². The maximum Gasteiger partial charge on any atom is 0.323 e. The molecular weight excluding hydrogens is 1300 g/mol. The van der Waals surface area contributed by atoms with Crippen LogP contribution in [0, 0.1) is 0 Å². The van der Waals surface area contributed by atoms with E-state index in [1.54, 1.807) is 0 Å². The van der Waals surface area contributed by atoms with Gasteiger partial charge in [-0.2, -0.15) is 33.7 Å². The second kappa shape index (κ2) is 28.7. The highest BCUT2D eigenvalue weighted by Crippen LogP contribution is 2.36. The Kier molecular flexibility index (Phi) is 22.6. The molecule has 0 bridgehead atoms. The standard InChI is InChI=1S/C41H32N6O29S8/c48-37(44-29-5-1-25(77-73-69-53)15-33(29)79-75-71-55)19-9-21(39(50)46-31-7-3-27(81(57,58)59)17-35(31)83(63,64)65)13-23(11-19)42-41(52)43-24-12-20(38(49)45-30-6-2-26(78-74-70-54)16-34(30)80-76-72-56)10-22(14-24)40(51)47-32-8-4-28(82(60,61)62)18-36(32)84(66,67)68/h1-18,53-56H,(H,44,48)(H,45,49)(H,46,50)(H,47,51)(H2,42,43,52)(H,57,58,59)(H,60,61,62)(H,63,64,65)(H,66,67,68). The van der Waals surface area contributed by atoms with Crippen molar-refractivity contribution in [3.63, 3.8) is 0 Å². The molecule has 0 spiro atoms. The zero-order valence-electron chi connectivity index (χ0n) is 40.3. The number of hydrogen-bond donors (Lipinski definition) is 14. The van der Waals surface area contributed by atoms with E-state index in [4.69, 9.17) is 21.0 Å². The monoisotopic (exact) mass is 1330 g/mol. The first-order valence-corrected chi connectivity index (χ1v) is 29.9.